The van der Waals surface area contributed by atoms with Crippen LogP contribution >= 0.6 is 0 Å². The molecule has 1 rings (SSSR count). The van der Waals surface area contributed by atoms with Crippen molar-refractivity contribution in [2.24, 2.45) is 0 Å². The topological polar surface area (TPSA) is 108 Å². The highest BCUT2D eigenvalue weighted by Gasteiger charge is 2.16. The third-order valence-corrected chi connectivity index (χ3v) is 2.49. The smallest absolute Gasteiger partial charge is 0.378 e. The predicted octanol–water partition coefficient (Wildman–Crippen LogP) is 0.927. The van der Waals surface area contributed by atoms with E-state index in [1.165, 1.54) is 26.4 Å². The Morgan fingerprint density at radius 2 is 1.70 bits per heavy atom. The number of aliphatic hydroxyl groups excluding tert-OH is 1. The zero-order chi connectivity index (χ0) is 15.3. The molecule has 0 aliphatic carbocycles. The Morgan fingerprint density at radius 1 is 1.15 bits per heavy atom. The van der Waals surface area contributed by atoms with E-state index >= 15 is 0 Å². The van der Waals surface area contributed by atoms with Crippen molar-refractivity contribution in [1.29, 1.82) is 0 Å². The Labute approximate surface area is 115 Å². The van der Waals surface area contributed by atoms with Crippen LogP contribution in [-0.4, -0.2) is 38.2 Å². The van der Waals surface area contributed by atoms with Gasteiger partial charge in [0, 0.05) is 23.4 Å². The lowest BCUT2D eigenvalue weighted by molar-refractivity contribution is -0.149. The summed E-state index contributed by atoms with van der Waals surface area (Å²) in [5.74, 6) is -1.86. The van der Waals surface area contributed by atoms with Crippen LogP contribution in [0.25, 0.3) is 5.76 Å². The number of esters is 1. The summed E-state index contributed by atoms with van der Waals surface area (Å²) >= 11 is 0. The second kappa shape index (κ2) is 6.46. The van der Waals surface area contributed by atoms with Crippen LogP contribution in [0.4, 0.5) is 5.69 Å². The third kappa shape index (κ3) is 3.19. The Hall–Kier alpha value is -2.70. The number of hydrogen-bond acceptors (Lipinski definition) is 7. The first-order chi connectivity index (χ1) is 9.44. The molecule has 0 bridgehead atoms. The molecular weight excluding hydrogens is 266 g/mol. The number of rotatable bonds is 5. The number of methoxy groups -OCH3 is 3. The van der Waals surface area contributed by atoms with Crippen molar-refractivity contribution >= 4 is 23.2 Å². The molecule has 3 N–H and O–H groups in total. The zero-order valence-electron chi connectivity index (χ0n) is 11.3. The van der Waals surface area contributed by atoms with Crippen molar-refractivity contribution in [2.75, 3.05) is 27.1 Å². The summed E-state index contributed by atoms with van der Waals surface area (Å²) in [5.41, 5.74) is 6.04. The molecule has 20 heavy (non-hydrogen) atoms. The number of nitrogen functional groups attached to an aromatic ring is 1. The highest BCUT2D eigenvalue weighted by atomic mass is 16.5. The lowest BCUT2D eigenvalue weighted by atomic mass is 10.1. The first kappa shape index (κ1) is 15.4. The SMILES string of the molecule is COC(=O)C(=O)/C=C(\O)c1cc(OC)c(OC)cc1N. The van der Waals surface area contributed by atoms with E-state index in [-0.39, 0.29) is 11.3 Å². The van der Waals surface area contributed by atoms with Gasteiger partial charge in [0.15, 0.2) is 11.5 Å². The van der Waals surface area contributed by atoms with Crippen LogP contribution < -0.4 is 15.2 Å². The lowest BCUT2D eigenvalue weighted by Crippen LogP contribution is -2.13. The van der Waals surface area contributed by atoms with Gasteiger partial charge in [0.2, 0.25) is 0 Å². The second-order valence-electron chi connectivity index (χ2n) is 3.68. The van der Waals surface area contributed by atoms with E-state index in [9.17, 15) is 14.7 Å². The Balaban J connectivity index is 3.22. The molecule has 0 radical (unpaired) electrons. The summed E-state index contributed by atoms with van der Waals surface area (Å²) in [5, 5.41) is 9.86. The Bertz CT molecular complexity index is 564. The largest absolute Gasteiger partial charge is 0.507 e. The fourth-order valence-electron chi connectivity index (χ4n) is 1.48. The van der Waals surface area contributed by atoms with Crippen LogP contribution in [0.15, 0.2) is 18.2 Å². The molecule has 0 amide bonds. The maximum atomic E-state index is 11.3. The summed E-state index contributed by atoms with van der Waals surface area (Å²) in [4.78, 5) is 22.3. The predicted molar refractivity (Wildman–Crippen MR) is 71.6 cm³/mol. The quantitative estimate of drug-likeness (QED) is 0.272. The highest BCUT2D eigenvalue weighted by molar-refractivity contribution is 6.39. The molecule has 0 heterocycles. The van der Waals surface area contributed by atoms with Gasteiger partial charge in [0.1, 0.15) is 5.76 Å². The molecule has 0 unspecified atom stereocenters. The van der Waals surface area contributed by atoms with Crippen molar-refractivity contribution in [3.05, 3.63) is 23.8 Å². The van der Waals surface area contributed by atoms with E-state index in [1.807, 2.05) is 0 Å². The van der Waals surface area contributed by atoms with Crippen LogP contribution in [-0.2, 0) is 14.3 Å². The minimum Gasteiger partial charge on any atom is -0.507 e. The summed E-state index contributed by atoms with van der Waals surface area (Å²) < 4.78 is 14.3. The molecule has 1 aromatic rings. The molecule has 1 aromatic carbocycles. The van der Waals surface area contributed by atoms with Crippen molar-refractivity contribution < 1.29 is 28.9 Å². The maximum absolute atomic E-state index is 11.3. The normalized spacial score (nSPS) is 10.8. The average molecular weight is 281 g/mol. The molecule has 7 nitrogen and oxygen atoms in total. The Morgan fingerprint density at radius 3 is 2.20 bits per heavy atom. The van der Waals surface area contributed by atoms with Crippen LogP contribution in [0.3, 0.4) is 0 Å². The van der Waals surface area contributed by atoms with Crippen LogP contribution in [0.2, 0.25) is 0 Å². The molecule has 7 heteroatoms. The number of carbonyl (C=O) groups excluding carboxylic acids is 2. The number of aliphatic hydroxyl groups is 1. The van der Waals surface area contributed by atoms with Crippen LogP contribution in [0, 0.1) is 0 Å². The first-order valence-corrected chi connectivity index (χ1v) is 5.49. The minimum absolute atomic E-state index is 0.139. The molecule has 0 saturated carbocycles. The maximum Gasteiger partial charge on any atom is 0.378 e. The van der Waals surface area contributed by atoms with Gasteiger partial charge in [0.25, 0.3) is 5.78 Å². The second-order valence-corrected chi connectivity index (χ2v) is 3.68. The molecule has 0 atom stereocenters. The van der Waals surface area contributed by atoms with E-state index in [1.54, 1.807) is 0 Å². The highest BCUT2D eigenvalue weighted by Crippen LogP contribution is 2.34. The van der Waals surface area contributed by atoms with Crippen molar-refractivity contribution in [1.82, 2.24) is 0 Å². The number of ether oxygens (including phenoxy) is 3. The van der Waals surface area contributed by atoms with E-state index < -0.39 is 17.5 Å². The van der Waals surface area contributed by atoms with Crippen molar-refractivity contribution in [3.63, 3.8) is 0 Å². The number of hydrogen-bond donors (Lipinski definition) is 2. The van der Waals surface area contributed by atoms with Gasteiger partial charge < -0.3 is 25.1 Å². The van der Waals surface area contributed by atoms with Gasteiger partial charge in [-0.25, -0.2) is 4.79 Å². The molecule has 0 aromatic heterocycles. The van der Waals surface area contributed by atoms with Crippen LogP contribution in [0.5, 0.6) is 11.5 Å². The van der Waals surface area contributed by atoms with Gasteiger partial charge >= 0.3 is 5.97 Å². The van der Waals surface area contributed by atoms with E-state index in [4.69, 9.17) is 15.2 Å². The monoisotopic (exact) mass is 281 g/mol. The fraction of sp³-hybridized carbons (Fsp3) is 0.231. The summed E-state index contributed by atoms with van der Waals surface area (Å²) in [6.07, 6.45) is 0.726. The number of ketones is 1. The molecule has 0 saturated heterocycles. The van der Waals surface area contributed by atoms with Gasteiger partial charge in [0.05, 0.1) is 21.3 Å². The van der Waals surface area contributed by atoms with Gasteiger partial charge in [-0.2, -0.15) is 0 Å². The standard InChI is InChI=1S/C13H15NO6/c1-18-11-4-7(8(14)5-12(11)19-2)9(15)6-10(16)13(17)20-3/h4-6,15H,14H2,1-3H3/b9-6-. The molecule has 0 aliphatic rings. The van der Waals surface area contributed by atoms with E-state index in [2.05, 4.69) is 4.74 Å². The number of nitrogens with two attached hydrogens (primary N) is 1. The number of carbonyl (C=O) groups is 2. The zero-order valence-corrected chi connectivity index (χ0v) is 11.3. The van der Waals surface area contributed by atoms with Crippen molar-refractivity contribution in [3.8, 4) is 11.5 Å². The first-order valence-electron chi connectivity index (χ1n) is 5.49. The molecule has 0 aliphatic heterocycles. The van der Waals surface area contributed by atoms with E-state index in [0.717, 1.165) is 13.2 Å². The Kier molecular flexibility index (Phi) is 4.96. The minimum atomic E-state index is -1.09. The lowest BCUT2D eigenvalue weighted by Gasteiger charge is -2.11. The number of anilines is 1. The third-order valence-electron chi connectivity index (χ3n) is 2.49. The van der Waals surface area contributed by atoms with Crippen molar-refractivity contribution in [2.45, 2.75) is 0 Å². The summed E-state index contributed by atoms with van der Waals surface area (Å²) in [7, 11) is 3.92. The van der Waals surface area contributed by atoms with E-state index in [0.29, 0.717) is 11.5 Å². The average Bonchev–Trinajstić information content (AvgIpc) is 2.45. The van der Waals surface area contributed by atoms with Gasteiger partial charge in [-0.3, -0.25) is 4.79 Å². The van der Waals surface area contributed by atoms with Crippen LogP contribution in [0.1, 0.15) is 5.56 Å². The molecule has 0 fully saturated rings. The van der Waals surface area contributed by atoms with Gasteiger partial charge in [-0.15, -0.1) is 0 Å². The fourth-order valence-corrected chi connectivity index (χ4v) is 1.48. The summed E-state index contributed by atoms with van der Waals surface area (Å²) in [6, 6.07) is 2.82. The molecule has 0 spiro atoms. The number of benzene rings is 1. The van der Waals surface area contributed by atoms with Gasteiger partial charge in [-0.05, 0) is 6.07 Å². The van der Waals surface area contributed by atoms with Gasteiger partial charge in [-0.1, -0.05) is 0 Å². The molecule has 108 valence electrons. The molecular formula is C13H15NO6. The summed E-state index contributed by atoms with van der Waals surface area (Å²) in [6.45, 7) is 0.